The van der Waals surface area contributed by atoms with E-state index in [9.17, 15) is 9.18 Å². The Hall–Kier alpha value is -3.23. The van der Waals surface area contributed by atoms with Crippen LogP contribution in [-0.2, 0) is 16.0 Å². The van der Waals surface area contributed by atoms with Crippen LogP contribution in [0.25, 0.3) is 10.9 Å². The van der Waals surface area contributed by atoms with Gasteiger partial charge in [0.05, 0.1) is 17.1 Å². The van der Waals surface area contributed by atoms with Crippen molar-refractivity contribution < 1.29 is 18.7 Å². The molecule has 1 fully saturated rings. The molecule has 33 heavy (non-hydrogen) atoms. The second-order valence-corrected chi connectivity index (χ2v) is 8.22. The van der Waals surface area contributed by atoms with Crippen LogP contribution in [0.2, 0.25) is 5.02 Å². The lowest BCUT2D eigenvalue weighted by Gasteiger charge is -2.39. The molecule has 1 N–H and O–H groups in total. The van der Waals surface area contributed by atoms with E-state index in [0.717, 1.165) is 23.1 Å². The number of aromatic nitrogens is 2. The molecule has 3 aromatic rings. The molecule has 1 amide bonds. The minimum Gasteiger partial charge on any atom is -0.491 e. The van der Waals surface area contributed by atoms with Crippen molar-refractivity contribution in [1.82, 2.24) is 14.9 Å². The van der Waals surface area contributed by atoms with Crippen LogP contribution in [0.4, 0.5) is 15.9 Å². The van der Waals surface area contributed by atoms with Gasteiger partial charge in [-0.25, -0.2) is 14.4 Å². The number of benzene rings is 2. The normalized spacial score (nSPS) is 13.6. The summed E-state index contributed by atoms with van der Waals surface area (Å²) in [5.74, 6) is 1.07. The number of methoxy groups -OCH3 is 1. The molecular weight excluding hydrogens is 447 g/mol. The Kier molecular flexibility index (Phi) is 7.05. The third kappa shape index (κ3) is 5.23. The number of rotatable bonds is 9. The van der Waals surface area contributed by atoms with Crippen molar-refractivity contribution in [3.63, 3.8) is 0 Å². The summed E-state index contributed by atoms with van der Waals surface area (Å²) in [5.41, 5.74) is 2.30. The topological polar surface area (TPSA) is 76.6 Å². The van der Waals surface area contributed by atoms with Gasteiger partial charge in [0, 0.05) is 37.3 Å². The van der Waals surface area contributed by atoms with E-state index in [-0.39, 0.29) is 10.9 Å². The molecule has 0 unspecified atom stereocenters. The number of halogens is 2. The number of likely N-dealkylation sites (tertiary alicyclic amines) is 1. The number of fused-ring (bicyclic) bond motifs is 1. The first-order chi connectivity index (χ1) is 16.0. The van der Waals surface area contributed by atoms with Crippen LogP contribution in [0.1, 0.15) is 5.56 Å². The Morgan fingerprint density at radius 2 is 2.12 bits per heavy atom. The first kappa shape index (κ1) is 22.9. The van der Waals surface area contributed by atoms with Crippen molar-refractivity contribution in [2.45, 2.75) is 6.42 Å². The molecule has 2 heterocycles. The van der Waals surface area contributed by atoms with Gasteiger partial charge in [-0.05, 0) is 48.2 Å². The van der Waals surface area contributed by atoms with Gasteiger partial charge in [-0.1, -0.05) is 18.2 Å². The van der Waals surface area contributed by atoms with E-state index in [1.165, 1.54) is 24.5 Å². The summed E-state index contributed by atoms with van der Waals surface area (Å²) < 4.78 is 24.6. The summed E-state index contributed by atoms with van der Waals surface area (Å²) in [6.07, 6.45) is 3.53. The lowest BCUT2D eigenvalue weighted by atomic mass is 9.91. The predicted octanol–water partition coefficient (Wildman–Crippen LogP) is 4.38. The van der Waals surface area contributed by atoms with E-state index < -0.39 is 5.82 Å². The number of carbonyl (C=O) groups is 1. The lowest BCUT2D eigenvalue weighted by Crippen LogP contribution is -2.50. The van der Waals surface area contributed by atoms with E-state index in [4.69, 9.17) is 21.1 Å². The standard InChI is InChI=1S/C24H24ClFN4O3/c1-3-23(31)30-12-15(13-30)8-16-9-18-21(11-22(16)33-7-6-32-2)27-14-28-24(18)29-17-4-5-20(26)19(25)10-17/h3-5,9-11,14-15H,1,6-8,12-13H2,2H3,(H,27,28,29). The minimum atomic E-state index is -0.487. The summed E-state index contributed by atoms with van der Waals surface area (Å²) in [4.78, 5) is 22.3. The average Bonchev–Trinajstić information content (AvgIpc) is 2.78. The molecule has 0 atom stereocenters. The van der Waals surface area contributed by atoms with Crippen LogP contribution < -0.4 is 10.1 Å². The molecule has 1 aliphatic rings. The van der Waals surface area contributed by atoms with Crippen LogP contribution in [0.5, 0.6) is 5.75 Å². The van der Waals surface area contributed by atoms with Gasteiger partial charge in [0.1, 0.15) is 30.3 Å². The van der Waals surface area contributed by atoms with Crippen LogP contribution in [-0.4, -0.2) is 54.2 Å². The second-order valence-electron chi connectivity index (χ2n) is 7.81. The van der Waals surface area contributed by atoms with Crippen molar-refractivity contribution >= 4 is 39.9 Å². The van der Waals surface area contributed by atoms with Gasteiger partial charge in [0.2, 0.25) is 5.91 Å². The molecule has 4 rings (SSSR count). The Morgan fingerprint density at radius 1 is 1.30 bits per heavy atom. The van der Waals surface area contributed by atoms with Gasteiger partial charge in [-0.2, -0.15) is 0 Å². The summed E-state index contributed by atoms with van der Waals surface area (Å²) in [6.45, 7) is 5.76. The Bertz CT molecular complexity index is 1180. The van der Waals surface area contributed by atoms with Crippen molar-refractivity contribution in [1.29, 1.82) is 0 Å². The maximum absolute atomic E-state index is 13.5. The Morgan fingerprint density at radius 3 is 2.85 bits per heavy atom. The van der Waals surface area contributed by atoms with Gasteiger partial charge >= 0.3 is 0 Å². The highest BCUT2D eigenvalue weighted by molar-refractivity contribution is 6.31. The quantitative estimate of drug-likeness (QED) is 0.369. The fourth-order valence-corrected chi connectivity index (χ4v) is 3.97. The monoisotopic (exact) mass is 470 g/mol. The molecule has 0 bridgehead atoms. The zero-order valence-electron chi connectivity index (χ0n) is 18.2. The molecule has 172 valence electrons. The van der Waals surface area contributed by atoms with E-state index in [2.05, 4.69) is 21.9 Å². The predicted molar refractivity (Wildman–Crippen MR) is 126 cm³/mol. The van der Waals surface area contributed by atoms with Crippen molar-refractivity contribution in [3.8, 4) is 5.75 Å². The average molecular weight is 471 g/mol. The van der Waals surface area contributed by atoms with Gasteiger partial charge in [0.15, 0.2) is 0 Å². The SMILES string of the molecule is C=CC(=O)N1CC(Cc2cc3c(Nc4ccc(F)c(Cl)c4)ncnc3cc2OCCOC)C1. The molecule has 1 saturated heterocycles. The van der Waals surface area contributed by atoms with Crippen molar-refractivity contribution in [3.05, 3.63) is 65.7 Å². The Labute approximate surface area is 196 Å². The Balaban J connectivity index is 1.63. The molecule has 2 aromatic carbocycles. The smallest absolute Gasteiger partial charge is 0.245 e. The van der Waals surface area contributed by atoms with E-state index in [0.29, 0.717) is 49.2 Å². The zero-order valence-corrected chi connectivity index (χ0v) is 18.9. The molecule has 0 aliphatic carbocycles. The molecule has 0 spiro atoms. The van der Waals surface area contributed by atoms with Gasteiger partial charge < -0.3 is 19.7 Å². The summed E-state index contributed by atoms with van der Waals surface area (Å²) in [6, 6.07) is 8.29. The number of ether oxygens (including phenoxy) is 2. The summed E-state index contributed by atoms with van der Waals surface area (Å²) in [7, 11) is 1.62. The van der Waals surface area contributed by atoms with E-state index >= 15 is 0 Å². The molecule has 9 heteroatoms. The largest absolute Gasteiger partial charge is 0.491 e. The molecule has 0 radical (unpaired) electrons. The fourth-order valence-electron chi connectivity index (χ4n) is 3.79. The minimum absolute atomic E-state index is 0.0245. The first-order valence-corrected chi connectivity index (χ1v) is 10.9. The molecule has 0 saturated carbocycles. The number of nitrogens with one attached hydrogen (secondary N) is 1. The number of hydrogen-bond acceptors (Lipinski definition) is 6. The number of hydrogen-bond donors (Lipinski definition) is 1. The third-order valence-corrected chi connectivity index (χ3v) is 5.79. The molecule has 1 aromatic heterocycles. The lowest BCUT2D eigenvalue weighted by molar-refractivity contribution is -0.132. The number of anilines is 2. The number of amides is 1. The van der Waals surface area contributed by atoms with Crippen molar-refractivity contribution in [2.24, 2.45) is 5.92 Å². The fraction of sp³-hybridized carbons (Fsp3) is 0.292. The third-order valence-electron chi connectivity index (χ3n) is 5.50. The van der Waals surface area contributed by atoms with Crippen LogP contribution in [0.15, 0.2) is 49.3 Å². The van der Waals surface area contributed by atoms with Crippen LogP contribution in [0.3, 0.4) is 0 Å². The summed E-state index contributed by atoms with van der Waals surface area (Å²) >= 11 is 5.92. The molecule has 7 nitrogen and oxygen atoms in total. The van der Waals surface area contributed by atoms with Crippen molar-refractivity contribution in [2.75, 3.05) is 38.7 Å². The summed E-state index contributed by atoms with van der Waals surface area (Å²) in [5, 5.41) is 4.02. The van der Waals surface area contributed by atoms with Gasteiger partial charge in [-0.3, -0.25) is 4.79 Å². The highest BCUT2D eigenvalue weighted by Gasteiger charge is 2.30. The highest BCUT2D eigenvalue weighted by atomic mass is 35.5. The van der Waals surface area contributed by atoms with Crippen LogP contribution >= 0.6 is 11.6 Å². The molecule has 1 aliphatic heterocycles. The number of nitrogens with zero attached hydrogens (tertiary/aromatic N) is 3. The zero-order chi connectivity index (χ0) is 23.4. The van der Waals surface area contributed by atoms with E-state index in [1.807, 2.05) is 12.1 Å². The van der Waals surface area contributed by atoms with Gasteiger partial charge in [0.25, 0.3) is 0 Å². The maximum atomic E-state index is 13.5. The number of carbonyl (C=O) groups excluding carboxylic acids is 1. The second kappa shape index (κ2) is 10.1. The maximum Gasteiger partial charge on any atom is 0.245 e. The highest BCUT2D eigenvalue weighted by Crippen LogP contribution is 2.33. The van der Waals surface area contributed by atoms with Crippen LogP contribution in [0, 0.1) is 11.7 Å². The first-order valence-electron chi connectivity index (χ1n) is 10.5. The van der Waals surface area contributed by atoms with E-state index in [1.54, 1.807) is 18.1 Å². The molecular formula is C24H24ClFN4O3. The van der Waals surface area contributed by atoms with Gasteiger partial charge in [-0.15, -0.1) is 0 Å².